The van der Waals surface area contributed by atoms with Crippen molar-refractivity contribution in [3.8, 4) is 0 Å². The van der Waals surface area contributed by atoms with Gasteiger partial charge in [0.1, 0.15) is 0 Å². The van der Waals surface area contributed by atoms with Gasteiger partial charge in [0.2, 0.25) is 0 Å². The number of nitrogens with one attached hydrogen (secondary N) is 1. The van der Waals surface area contributed by atoms with Crippen LogP contribution in [0.25, 0.3) is 0 Å². The molecule has 0 aliphatic heterocycles. The number of sulfone groups is 1. The van der Waals surface area contributed by atoms with Crippen molar-refractivity contribution in [3.63, 3.8) is 0 Å². The van der Waals surface area contributed by atoms with Crippen molar-refractivity contribution in [3.05, 3.63) is 59.7 Å². The van der Waals surface area contributed by atoms with E-state index in [0.29, 0.717) is 11.3 Å². The molecule has 0 spiro atoms. The number of carbonyl (C=O) groups is 3. The van der Waals surface area contributed by atoms with Crippen LogP contribution in [-0.4, -0.2) is 45.2 Å². The molecule has 0 unspecified atom stereocenters. The molecule has 1 amide bonds. The Labute approximate surface area is 168 Å². The van der Waals surface area contributed by atoms with Crippen molar-refractivity contribution in [2.45, 2.75) is 18.7 Å². The molecule has 0 saturated heterocycles. The molecule has 2 aromatic carbocycles. The van der Waals surface area contributed by atoms with Crippen LogP contribution < -0.4 is 5.32 Å². The standard InChI is InChI=1S/C20H21NO7S/c1-3-27-19(23)14-9-11-15(12-10-14)21-18(22)13-28-20(24)16-7-5-6-8-17(16)29(25,26)4-2/h5-12H,3-4,13H2,1-2H3,(H,21,22). The van der Waals surface area contributed by atoms with Gasteiger partial charge in [-0.3, -0.25) is 4.79 Å². The lowest BCUT2D eigenvalue weighted by Gasteiger charge is -2.10. The molecule has 0 radical (unpaired) electrons. The first kappa shape index (κ1) is 22.1. The van der Waals surface area contributed by atoms with Crippen molar-refractivity contribution in [2.24, 2.45) is 0 Å². The van der Waals surface area contributed by atoms with E-state index in [1.54, 1.807) is 6.92 Å². The summed E-state index contributed by atoms with van der Waals surface area (Å²) in [5.74, 6) is -2.16. The fourth-order valence-corrected chi connectivity index (χ4v) is 3.46. The van der Waals surface area contributed by atoms with Crippen LogP contribution in [0, 0.1) is 0 Å². The second kappa shape index (κ2) is 9.83. The molecule has 1 N–H and O–H groups in total. The fourth-order valence-electron chi connectivity index (χ4n) is 2.37. The molecule has 2 rings (SSSR count). The Kier molecular flexibility index (Phi) is 7.49. The minimum atomic E-state index is -3.62. The molecule has 0 saturated carbocycles. The van der Waals surface area contributed by atoms with E-state index in [-0.39, 0.29) is 22.8 Å². The first-order chi connectivity index (χ1) is 13.8. The Balaban J connectivity index is 1.98. The van der Waals surface area contributed by atoms with Crippen molar-refractivity contribution in [2.75, 3.05) is 24.3 Å². The van der Waals surface area contributed by atoms with Gasteiger partial charge < -0.3 is 14.8 Å². The number of benzene rings is 2. The van der Waals surface area contributed by atoms with E-state index in [1.165, 1.54) is 55.5 Å². The fraction of sp³-hybridized carbons (Fsp3) is 0.250. The van der Waals surface area contributed by atoms with Crippen LogP contribution in [0.1, 0.15) is 34.6 Å². The number of amides is 1. The van der Waals surface area contributed by atoms with E-state index < -0.39 is 34.3 Å². The number of carbonyl (C=O) groups excluding carboxylic acids is 3. The van der Waals surface area contributed by atoms with Gasteiger partial charge in [0.05, 0.1) is 28.4 Å². The average molecular weight is 419 g/mol. The zero-order valence-corrected chi connectivity index (χ0v) is 16.8. The van der Waals surface area contributed by atoms with Crippen molar-refractivity contribution in [1.82, 2.24) is 0 Å². The van der Waals surface area contributed by atoms with Crippen molar-refractivity contribution >= 4 is 33.4 Å². The monoisotopic (exact) mass is 419 g/mol. The number of anilines is 1. The third kappa shape index (κ3) is 5.89. The van der Waals surface area contributed by atoms with Crippen LogP contribution >= 0.6 is 0 Å². The van der Waals surface area contributed by atoms with Crippen LogP contribution in [-0.2, 0) is 24.1 Å². The maximum absolute atomic E-state index is 12.2. The van der Waals surface area contributed by atoms with Gasteiger partial charge in [0, 0.05) is 5.69 Å². The summed E-state index contributed by atoms with van der Waals surface area (Å²) >= 11 is 0. The molecule has 0 aliphatic rings. The van der Waals surface area contributed by atoms with Gasteiger partial charge in [-0.2, -0.15) is 0 Å². The van der Waals surface area contributed by atoms with Crippen LogP contribution in [0.15, 0.2) is 53.4 Å². The molecule has 0 aliphatic carbocycles. The molecular formula is C20H21NO7S. The zero-order chi connectivity index (χ0) is 21.4. The minimum Gasteiger partial charge on any atom is -0.462 e. The van der Waals surface area contributed by atoms with Crippen LogP contribution in [0.3, 0.4) is 0 Å². The Bertz CT molecular complexity index is 998. The lowest BCUT2D eigenvalue weighted by atomic mass is 10.2. The smallest absolute Gasteiger partial charge is 0.339 e. The summed E-state index contributed by atoms with van der Waals surface area (Å²) in [6.07, 6.45) is 0. The lowest BCUT2D eigenvalue weighted by Crippen LogP contribution is -2.22. The first-order valence-electron chi connectivity index (χ1n) is 8.84. The summed E-state index contributed by atoms with van der Waals surface area (Å²) in [7, 11) is -3.62. The number of hydrogen-bond donors (Lipinski definition) is 1. The van der Waals surface area contributed by atoms with Gasteiger partial charge in [0.25, 0.3) is 5.91 Å². The molecule has 29 heavy (non-hydrogen) atoms. The van der Waals surface area contributed by atoms with Gasteiger partial charge >= 0.3 is 11.9 Å². The highest BCUT2D eigenvalue weighted by Gasteiger charge is 2.22. The summed E-state index contributed by atoms with van der Waals surface area (Å²) in [6.45, 7) is 2.83. The van der Waals surface area contributed by atoms with Crippen molar-refractivity contribution < 1.29 is 32.3 Å². The SMILES string of the molecule is CCOC(=O)c1ccc(NC(=O)COC(=O)c2ccccc2S(=O)(=O)CC)cc1. The Morgan fingerprint density at radius 3 is 2.17 bits per heavy atom. The molecule has 9 heteroatoms. The third-order valence-electron chi connectivity index (χ3n) is 3.84. The van der Waals surface area contributed by atoms with E-state index in [9.17, 15) is 22.8 Å². The average Bonchev–Trinajstić information content (AvgIpc) is 2.72. The predicted octanol–water partition coefficient (Wildman–Crippen LogP) is 2.45. The van der Waals surface area contributed by atoms with Crippen molar-refractivity contribution in [1.29, 1.82) is 0 Å². The molecule has 0 bridgehead atoms. The van der Waals surface area contributed by atoms with E-state index in [1.807, 2.05) is 0 Å². The second-order valence-electron chi connectivity index (χ2n) is 5.82. The predicted molar refractivity (Wildman–Crippen MR) is 105 cm³/mol. The molecule has 0 atom stereocenters. The molecule has 0 heterocycles. The van der Waals surface area contributed by atoms with Crippen LogP contribution in [0.2, 0.25) is 0 Å². The van der Waals surface area contributed by atoms with Gasteiger partial charge in [-0.05, 0) is 43.3 Å². The maximum atomic E-state index is 12.2. The van der Waals surface area contributed by atoms with Crippen LogP contribution in [0.4, 0.5) is 5.69 Å². The lowest BCUT2D eigenvalue weighted by molar-refractivity contribution is -0.119. The van der Waals surface area contributed by atoms with E-state index in [2.05, 4.69) is 5.32 Å². The number of rotatable bonds is 8. The highest BCUT2D eigenvalue weighted by atomic mass is 32.2. The highest BCUT2D eigenvalue weighted by Crippen LogP contribution is 2.18. The molecule has 0 fully saturated rings. The largest absolute Gasteiger partial charge is 0.462 e. The second-order valence-corrected chi connectivity index (χ2v) is 8.07. The van der Waals surface area contributed by atoms with E-state index in [0.717, 1.165) is 0 Å². The summed E-state index contributed by atoms with van der Waals surface area (Å²) in [5.41, 5.74) is 0.610. The minimum absolute atomic E-state index is 0.124. The van der Waals surface area contributed by atoms with E-state index >= 15 is 0 Å². The highest BCUT2D eigenvalue weighted by molar-refractivity contribution is 7.91. The summed E-state index contributed by atoms with van der Waals surface area (Å²) in [5, 5.41) is 2.52. The first-order valence-corrected chi connectivity index (χ1v) is 10.5. The summed E-state index contributed by atoms with van der Waals surface area (Å²) in [4.78, 5) is 35.7. The van der Waals surface area contributed by atoms with Gasteiger partial charge in [-0.15, -0.1) is 0 Å². The topological polar surface area (TPSA) is 116 Å². The quantitative estimate of drug-likeness (QED) is 0.653. The molecule has 2 aromatic rings. The van der Waals surface area contributed by atoms with Gasteiger partial charge in [0.15, 0.2) is 16.4 Å². The molecule has 0 aromatic heterocycles. The zero-order valence-electron chi connectivity index (χ0n) is 16.0. The summed E-state index contributed by atoms with van der Waals surface area (Å²) < 4.78 is 34.0. The Morgan fingerprint density at radius 1 is 0.897 bits per heavy atom. The number of ether oxygens (including phenoxy) is 2. The Morgan fingerprint density at radius 2 is 1.55 bits per heavy atom. The molecule has 154 valence electrons. The maximum Gasteiger partial charge on any atom is 0.339 e. The Hall–Kier alpha value is -3.20. The number of hydrogen-bond acceptors (Lipinski definition) is 7. The van der Waals surface area contributed by atoms with Gasteiger partial charge in [-0.25, -0.2) is 18.0 Å². The third-order valence-corrected chi connectivity index (χ3v) is 5.62. The molecule has 8 nitrogen and oxygen atoms in total. The number of esters is 2. The normalized spacial score (nSPS) is 10.8. The van der Waals surface area contributed by atoms with Crippen LogP contribution in [0.5, 0.6) is 0 Å². The molecular weight excluding hydrogens is 398 g/mol. The van der Waals surface area contributed by atoms with E-state index in [4.69, 9.17) is 9.47 Å². The summed E-state index contributed by atoms with van der Waals surface area (Å²) in [6, 6.07) is 11.7. The van der Waals surface area contributed by atoms with Gasteiger partial charge in [-0.1, -0.05) is 19.1 Å².